The zero-order valence-corrected chi connectivity index (χ0v) is 25.2. The second kappa shape index (κ2) is 15.2. The number of nitrogens with one attached hydrogen (secondary N) is 2. The maximum absolute atomic E-state index is 13.4. The van der Waals surface area contributed by atoms with Crippen molar-refractivity contribution in [3.05, 3.63) is 125 Å². The fourth-order valence-corrected chi connectivity index (χ4v) is 5.50. The second-order valence-electron chi connectivity index (χ2n) is 9.23. The maximum atomic E-state index is 13.4. The van der Waals surface area contributed by atoms with Crippen LogP contribution < -0.4 is 15.5 Å². The number of carbonyl (C=O) groups excluding carboxylic acids is 2. The van der Waals surface area contributed by atoms with Crippen LogP contribution in [0.3, 0.4) is 0 Å². The third kappa shape index (κ3) is 9.84. The Kier molecular flexibility index (Phi) is 11.1. The topological polar surface area (TPSA) is 117 Å². The zero-order valence-electron chi connectivity index (χ0n) is 22.8. The molecule has 9 nitrogen and oxygen atoms in total. The molecule has 4 rings (SSSR count). The number of hydrogen-bond acceptors (Lipinski definition) is 6. The molecule has 0 spiro atoms. The van der Waals surface area contributed by atoms with E-state index in [2.05, 4.69) is 31.8 Å². The Morgan fingerprint density at radius 2 is 1.56 bits per heavy atom. The fourth-order valence-electron chi connectivity index (χ4n) is 3.84. The molecule has 0 saturated carbocycles. The van der Waals surface area contributed by atoms with Gasteiger partial charge in [0.25, 0.3) is 11.8 Å². The monoisotopic (exact) mass is 666 g/mol. The van der Waals surface area contributed by atoms with Gasteiger partial charge in [-0.15, -0.1) is 0 Å². The van der Waals surface area contributed by atoms with Crippen LogP contribution in [0.15, 0.2) is 118 Å². The number of hydrogen-bond donors (Lipinski definition) is 2. The number of carbonyl (C=O) groups is 2. The maximum Gasteiger partial charge on any atom is 0.262 e. The lowest BCUT2D eigenvalue weighted by Gasteiger charge is -2.21. The molecule has 222 valence electrons. The fraction of sp³-hybridized carbons (Fsp3) is 0.129. The molecule has 0 bridgehead atoms. The number of rotatable bonds is 13. The first-order valence-electron chi connectivity index (χ1n) is 13.1. The molecule has 4 aromatic rings. The van der Waals surface area contributed by atoms with Crippen molar-refractivity contribution in [2.24, 2.45) is 5.10 Å². The highest BCUT2D eigenvalue weighted by atomic mass is 79.9. The molecule has 0 atom stereocenters. The molecule has 0 heterocycles. The van der Waals surface area contributed by atoms with Crippen LogP contribution in [-0.2, 0) is 26.0 Å². The summed E-state index contributed by atoms with van der Waals surface area (Å²) in [5, 5.41) is 6.56. The minimum absolute atomic E-state index is 0.0790. The first kappa shape index (κ1) is 31.5. The molecule has 0 aromatic heterocycles. The van der Waals surface area contributed by atoms with Crippen LogP contribution >= 0.6 is 15.9 Å². The van der Waals surface area contributed by atoms with E-state index < -0.39 is 34.2 Å². The Bertz CT molecular complexity index is 1650. The van der Waals surface area contributed by atoms with E-state index in [1.54, 1.807) is 36.4 Å². The molecule has 0 saturated heterocycles. The number of nitrogens with zero attached hydrogens (tertiary/aromatic N) is 2. The average Bonchev–Trinajstić information content (AvgIpc) is 3.00. The zero-order chi connectivity index (χ0) is 30.7. The van der Waals surface area contributed by atoms with E-state index in [0.29, 0.717) is 23.4 Å². The van der Waals surface area contributed by atoms with Gasteiger partial charge in [-0.3, -0.25) is 9.59 Å². The number of halogens is 2. The van der Waals surface area contributed by atoms with Gasteiger partial charge < -0.3 is 10.1 Å². The van der Waals surface area contributed by atoms with E-state index in [4.69, 9.17) is 4.74 Å². The number of sulfonamides is 1. The van der Waals surface area contributed by atoms with Crippen molar-refractivity contribution in [2.75, 3.05) is 25.0 Å². The van der Waals surface area contributed by atoms with Gasteiger partial charge in [0, 0.05) is 16.7 Å². The first-order chi connectivity index (χ1) is 20.7. The van der Waals surface area contributed by atoms with Crippen LogP contribution in [0.1, 0.15) is 11.1 Å². The van der Waals surface area contributed by atoms with E-state index >= 15 is 0 Å². The van der Waals surface area contributed by atoms with Crippen LogP contribution in [0.2, 0.25) is 0 Å². The van der Waals surface area contributed by atoms with Gasteiger partial charge in [-0.2, -0.15) is 9.41 Å². The van der Waals surface area contributed by atoms with Crippen molar-refractivity contribution < 1.29 is 27.1 Å². The van der Waals surface area contributed by atoms with Crippen LogP contribution in [-0.4, -0.2) is 50.4 Å². The van der Waals surface area contributed by atoms with Gasteiger partial charge in [-0.1, -0.05) is 46.3 Å². The summed E-state index contributed by atoms with van der Waals surface area (Å²) < 4.78 is 47.1. The van der Waals surface area contributed by atoms with Gasteiger partial charge in [-0.25, -0.2) is 18.2 Å². The van der Waals surface area contributed by atoms with Crippen molar-refractivity contribution in [3.8, 4) is 5.75 Å². The van der Waals surface area contributed by atoms with E-state index in [-0.39, 0.29) is 18.0 Å². The van der Waals surface area contributed by atoms with E-state index in [1.807, 2.05) is 30.3 Å². The van der Waals surface area contributed by atoms with Crippen LogP contribution in [0.25, 0.3) is 0 Å². The minimum atomic E-state index is -3.95. The number of hydrazone groups is 1. The van der Waals surface area contributed by atoms with E-state index in [0.717, 1.165) is 14.3 Å². The first-order valence-corrected chi connectivity index (χ1v) is 15.3. The Morgan fingerprint density at radius 3 is 2.23 bits per heavy atom. The molecule has 0 unspecified atom stereocenters. The molecule has 0 aliphatic carbocycles. The molecule has 0 aliphatic heterocycles. The van der Waals surface area contributed by atoms with Gasteiger partial charge in [0.1, 0.15) is 11.6 Å². The summed E-state index contributed by atoms with van der Waals surface area (Å²) in [5.74, 6) is -0.970. The van der Waals surface area contributed by atoms with Gasteiger partial charge in [0.2, 0.25) is 10.0 Å². The summed E-state index contributed by atoms with van der Waals surface area (Å²) in [6, 6.07) is 27.6. The summed E-state index contributed by atoms with van der Waals surface area (Å²) in [7, 11) is -3.95. The number of anilines is 1. The Hall–Kier alpha value is -4.39. The minimum Gasteiger partial charge on any atom is -0.484 e. The molecule has 4 aromatic carbocycles. The van der Waals surface area contributed by atoms with Crippen molar-refractivity contribution in [1.29, 1.82) is 0 Å². The van der Waals surface area contributed by atoms with Gasteiger partial charge in [-0.05, 0) is 90.3 Å². The predicted octanol–water partition coefficient (Wildman–Crippen LogP) is 4.99. The SMILES string of the molecule is O=C(CN(CCc1ccccc1)S(=O)(=O)c1ccc(Br)cc1)N/N=C/c1ccc(OCC(=O)Nc2ccc(F)cc2)cc1. The number of amides is 2. The highest BCUT2D eigenvalue weighted by Gasteiger charge is 2.26. The summed E-state index contributed by atoms with van der Waals surface area (Å²) in [6.07, 6.45) is 1.83. The lowest BCUT2D eigenvalue weighted by Crippen LogP contribution is -2.40. The standard InChI is InChI=1S/C31H28BrFN4O5S/c32-25-8-16-29(17-9-25)43(40,41)37(19-18-23-4-2-1-3-5-23)21-30(38)36-34-20-24-6-14-28(15-7-24)42-22-31(39)35-27-12-10-26(33)11-13-27/h1-17,20H,18-19,21-22H2,(H,35,39)(H,36,38)/b34-20+. The highest BCUT2D eigenvalue weighted by Crippen LogP contribution is 2.19. The molecular formula is C31H28BrFN4O5S. The number of benzene rings is 4. The molecule has 2 N–H and O–H groups in total. The normalized spacial score (nSPS) is 11.4. The Morgan fingerprint density at radius 1 is 0.884 bits per heavy atom. The summed E-state index contributed by atoms with van der Waals surface area (Å²) >= 11 is 3.31. The quantitative estimate of drug-likeness (QED) is 0.154. The number of ether oxygens (including phenoxy) is 1. The third-order valence-corrected chi connectivity index (χ3v) is 8.43. The van der Waals surface area contributed by atoms with Crippen LogP contribution in [0.5, 0.6) is 5.75 Å². The largest absolute Gasteiger partial charge is 0.484 e. The van der Waals surface area contributed by atoms with Gasteiger partial charge >= 0.3 is 0 Å². The van der Waals surface area contributed by atoms with Crippen molar-refractivity contribution in [2.45, 2.75) is 11.3 Å². The molecule has 0 fully saturated rings. The Labute approximate surface area is 257 Å². The Balaban J connectivity index is 1.31. The van der Waals surface area contributed by atoms with E-state index in [9.17, 15) is 22.4 Å². The third-order valence-electron chi connectivity index (χ3n) is 6.04. The molecular weight excluding hydrogens is 639 g/mol. The lowest BCUT2D eigenvalue weighted by molar-refractivity contribution is -0.121. The lowest BCUT2D eigenvalue weighted by atomic mass is 10.1. The molecule has 2 amide bonds. The smallest absolute Gasteiger partial charge is 0.262 e. The molecule has 0 radical (unpaired) electrons. The van der Waals surface area contributed by atoms with Crippen molar-refractivity contribution in [3.63, 3.8) is 0 Å². The van der Waals surface area contributed by atoms with Crippen molar-refractivity contribution in [1.82, 2.24) is 9.73 Å². The van der Waals surface area contributed by atoms with Crippen LogP contribution in [0, 0.1) is 5.82 Å². The van der Waals surface area contributed by atoms with Gasteiger partial charge in [0.15, 0.2) is 6.61 Å². The summed E-state index contributed by atoms with van der Waals surface area (Å²) in [6.45, 7) is -0.566. The summed E-state index contributed by atoms with van der Waals surface area (Å²) in [5.41, 5.74) is 4.41. The van der Waals surface area contributed by atoms with Crippen LogP contribution in [0.4, 0.5) is 10.1 Å². The predicted molar refractivity (Wildman–Crippen MR) is 166 cm³/mol. The molecule has 0 aliphatic rings. The molecule has 12 heteroatoms. The van der Waals surface area contributed by atoms with E-state index in [1.165, 1.54) is 42.6 Å². The highest BCUT2D eigenvalue weighted by molar-refractivity contribution is 9.10. The molecule has 43 heavy (non-hydrogen) atoms. The summed E-state index contributed by atoms with van der Waals surface area (Å²) in [4.78, 5) is 24.9. The van der Waals surface area contributed by atoms with Gasteiger partial charge in [0.05, 0.1) is 17.7 Å². The average molecular weight is 668 g/mol. The second-order valence-corrected chi connectivity index (χ2v) is 12.1. The van der Waals surface area contributed by atoms with Crippen molar-refractivity contribution >= 4 is 49.7 Å².